The lowest BCUT2D eigenvalue weighted by Gasteiger charge is -2.61. The Hall–Kier alpha value is -4.02. The van der Waals surface area contributed by atoms with Gasteiger partial charge >= 0.3 is 6.18 Å². The highest BCUT2D eigenvalue weighted by Gasteiger charge is 2.54. The van der Waals surface area contributed by atoms with E-state index in [0.717, 1.165) is 31.5 Å². The molecule has 47 heavy (non-hydrogen) atoms. The number of benzene rings is 1. The quantitative estimate of drug-likeness (QED) is 0.232. The monoisotopic (exact) mass is 675 g/mol. The van der Waals surface area contributed by atoms with Crippen molar-refractivity contribution in [3.63, 3.8) is 0 Å². The number of aromatic nitrogens is 8. The van der Waals surface area contributed by atoms with Crippen LogP contribution in [0.4, 0.5) is 24.8 Å². The molecule has 1 atom stereocenters. The normalized spacial score (nSPS) is 20.2. The molecule has 1 aliphatic carbocycles. The van der Waals surface area contributed by atoms with Gasteiger partial charge in [0.05, 0.1) is 23.8 Å². The smallest absolute Gasteiger partial charge is 0.422 e. The van der Waals surface area contributed by atoms with Crippen molar-refractivity contribution in [3.8, 4) is 22.8 Å². The Kier molecular flexibility index (Phi) is 8.31. The van der Waals surface area contributed by atoms with E-state index in [1.807, 2.05) is 6.92 Å². The Morgan fingerprint density at radius 3 is 2.64 bits per heavy atom. The van der Waals surface area contributed by atoms with Crippen molar-refractivity contribution in [3.05, 3.63) is 48.1 Å². The first-order valence-electron chi connectivity index (χ1n) is 15.8. The van der Waals surface area contributed by atoms with Gasteiger partial charge in [0.15, 0.2) is 6.61 Å². The molecule has 13 nitrogen and oxygen atoms in total. The minimum absolute atomic E-state index is 0.00696. The fourth-order valence-corrected chi connectivity index (χ4v) is 6.58. The molecule has 0 bridgehead atoms. The van der Waals surface area contributed by atoms with Crippen LogP contribution in [0.5, 0.6) is 11.6 Å². The molecule has 0 unspecified atom stereocenters. The van der Waals surface area contributed by atoms with Gasteiger partial charge in [-0.1, -0.05) is 17.7 Å². The number of nitrogens with one attached hydrogen (secondary N) is 1. The topological polar surface area (TPSA) is 130 Å². The largest absolute Gasteiger partial charge is 0.487 e. The molecule has 1 N–H and O–H groups in total. The summed E-state index contributed by atoms with van der Waals surface area (Å²) in [5.74, 6) is 0.442. The summed E-state index contributed by atoms with van der Waals surface area (Å²) in [6, 6.07) is 4.72. The summed E-state index contributed by atoms with van der Waals surface area (Å²) in [6.45, 7) is 3.68. The van der Waals surface area contributed by atoms with Crippen LogP contribution >= 0.6 is 11.6 Å². The first-order valence-corrected chi connectivity index (χ1v) is 15.7. The zero-order valence-electron chi connectivity index (χ0n) is 26.5. The third-order valence-electron chi connectivity index (χ3n) is 8.68. The van der Waals surface area contributed by atoms with Crippen LogP contribution in [0.2, 0.25) is 5.02 Å². The lowest BCUT2D eigenvalue weighted by atomic mass is 9.60. The molecule has 3 aliphatic rings. The SMILES string of the molecule is [2H]C1(N2CC3(CC(n4cc(Nc5ncc(-c6ccc(Cl)c(O[C@@H](C)Cn7cnnn7)c6)cn5)c(OCC(F)(F)F)n4)C3)C2)CCOCC1. The van der Waals surface area contributed by atoms with Crippen molar-refractivity contribution >= 4 is 23.2 Å². The molecule has 5 heterocycles. The molecule has 17 heteroatoms. The van der Waals surface area contributed by atoms with E-state index in [2.05, 4.69) is 40.8 Å². The number of hydrogen-bond acceptors (Lipinski definition) is 11. The van der Waals surface area contributed by atoms with Crippen molar-refractivity contribution in [1.29, 1.82) is 0 Å². The lowest BCUT2D eigenvalue weighted by molar-refractivity contribution is -0.154. The summed E-state index contributed by atoms with van der Waals surface area (Å²) >= 11 is 6.39. The van der Waals surface area contributed by atoms with Crippen LogP contribution in [0, 0.1) is 5.41 Å². The minimum Gasteiger partial charge on any atom is -0.487 e. The Morgan fingerprint density at radius 1 is 1.17 bits per heavy atom. The molecule has 0 radical (unpaired) electrons. The van der Waals surface area contributed by atoms with Crippen molar-refractivity contribution in [2.45, 2.75) is 63.5 Å². The van der Waals surface area contributed by atoms with E-state index in [9.17, 15) is 13.2 Å². The molecule has 2 saturated heterocycles. The van der Waals surface area contributed by atoms with Crippen LogP contribution in [0.15, 0.2) is 43.1 Å². The van der Waals surface area contributed by atoms with E-state index >= 15 is 0 Å². The molecule has 3 aromatic heterocycles. The summed E-state index contributed by atoms with van der Waals surface area (Å²) in [4.78, 5) is 11.0. The second-order valence-electron chi connectivity index (χ2n) is 12.4. The van der Waals surface area contributed by atoms with Gasteiger partial charge in [0.25, 0.3) is 5.88 Å². The third-order valence-corrected chi connectivity index (χ3v) is 8.99. The Labute approximate surface area is 274 Å². The first-order chi connectivity index (χ1) is 23.0. The number of nitrogens with zero attached hydrogens (tertiary/aromatic N) is 9. The fourth-order valence-electron chi connectivity index (χ4n) is 6.42. The summed E-state index contributed by atoms with van der Waals surface area (Å²) in [7, 11) is 0. The number of tetrazole rings is 1. The van der Waals surface area contributed by atoms with Gasteiger partial charge in [-0.3, -0.25) is 9.58 Å². The summed E-state index contributed by atoms with van der Waals surface area (Å²) < 4.78 is 67.8. The molecule has 4 aromatic rings. The zero-order valence-corrected chi connectivity index (χ0v) is 26.3. The van der Waals surface area contributed by atoms with Gasteiger partial charge in [0.2, 0.25) is 5.95 Å². The molecule has 1 aromatic carbocycles. The lowest BCUT2D eigenvalue weighted by Crippen LogP contribution is -2.65. The predicted octanol–water partition coefficient (Wildman–Crippen LogP) is 4.95. The van der Waals surface area contributed by atoms with Crippen molar-refractivity contribution in [2.75, 3.05) is 38.2 Å². The van der Waals surface area contributed by atoms with E-state index in [-0.39, 0.29) is 35.1 Å². The standard InChI is InChI=1S/C30H34ClF3N10O3/c1-19(13-43-18-37-40-41-43)47-26-8-20(2-3-24(26)31)21-11-35-28(36-12-21)38-25-14-44(39-27(25)46-17-30(32,33)34)23-9-29(10-23)15-42(16-29)22-4-6-45-7-5-22/h2-3,8,11-12,14,18-19,22-23H,4-7,9-10,13,15-17H2,1H3,(H,35,36,38)/t19-/m0/s1/i22D. The minimum atomic E-state index is -4.53. The van der Waals surface area contributed by atoms with Crippen LogP contribution in [-0.4, -0.2) is 96.1 Å². The number of rotatable bonds is 11. The first kappa shape index (κ1) is 30.3. The molecule has 1 saturated carbocycles. The second-order valence-corrected chi connectivity index (χ2v) is 12.8. The number of hydrogen-bond donors (Lipinski definition) is 1. The average Bonchev–Trinajstić information content (AvgIpc) is 3.66. The van der Waals surface area contributed by atoms with Crippen LogP contribution in [-0.2, 0) is 11.3 Å². The van der Waals surface area contributed by atoms with Crippen molar-refractivity contribution in [1.82, 2.24) is 44.9 Å². The van der Waals surface area contributed by atoms with Gasteiger partial charge in [-0.05, 0) is 66.1 Å². The zero-order chi connectivity index (χ0) is 33.5. The van der Waals surface area contributed by atoms with E-state index in [1.54, 1.807) is 46.2 Å². The van der Waals surface area contributed by atoms with Crippen molar-refractivity contribution in [2.24, 2.45) is 5.41 Å². The Balaban J connectivity index is 1.01. The third kappa shape index (κ3) is 7.28. The van der Waals surface area contributed by atoms with E-state index in [1.165, 1.54) is 6.33 Å². The van der Waals surface area contributed by atoms with Crippen LogP contribution in [0.3, 0.4) is 0 Å². The van der Waals surface area contributed by atoms with Crippen LogP contribution in [0.25, 0.3) is 11.1 Å². The number of halogens is 4. The maximum atomic E-state index is 13.1. The maximum Gasteiger partial charge on any atom is 0.422 e. The molecule has 7 rings (SSSR count). The van der Waals surface area contributed by atoms with E-state index in [4.69, 9.17) is 27.2 Å². The van der Waals surface area contributed by atoms with Gasteiger partial charge in [-0.2, -0.15) is 13.2 Å². The number of alkyl halides is 3. The summed E-state index contributed by atoms with van der Waals surface area (Å²) in [5.41, 5.74) is 1.75. The van der Waals surface area contributed by atoms with Gasteiger partial charge in [-0.25, -0.2) is 14.6 Å². The molecule has 1 spiro atoms. The number of likely N-dealkylation sites (tertiary alicyclic amines) is 1. The highest BCUT2D eigenvalue weighted by atomic mass is 35.5. The Morgan fingerprint density at radius 2 is 1.94 bits per heavy atom. The average molecular weight is 676 g/mol. The predicted molar refractivity (Wildman–Crippen MR) is 164 cm³/mol. The van der Waals surface area contributed by atoms with Crippen molar-refractivity contribution < 1.29 is 28.8 Å². The van der Waals surface area contributed by atoms with Crippen LogP contribution < -0.4 is 14.8 Å². The molecular formula is C30H34ClF3N10O3. The molecule has 2 aliphatic heterocycles. The summed E-state index contributed by atoms with van der Waals surface area (Å²) in [5, 5.41) is 18.9. The Bertz CT molecular complexity index is 1710. The van der Waals surface area contributed by atoms with Gasteiger partial charge in [0, 0.05) is 51.6 Å². The number of anilines is 2. The van der Waals surface area contributed by atoms with E-state index < -0.39 is 18.8 Å². The van der Waals surface area contributed by atoms with Gasteiger partial charge in [0.1, 0.15) is 23.9 Å². The molecule has 3 fully saturated rings. The van der Waals surface area contributed by atoms with Crippen LogP contribution in [0.1, 0.15) is 40.0 Å². The van der Waals surface area contributed by atoms with Gasteiger partial charge in [-0.15, -0.1) is 10.2 Å². The highest BCUT2D eigenvalue weighted by Crippen LogP contribution is 2.55. The van der Waals surface area contributed by atoms with E-state index in [0.29, 0.717) is 48.9 Å². The molecular weight excluding hydrogens is 641 g/mol. The number of ether oxygens (including phenoxy) is 3. The molecule has 250 valence electrons. The fraction of sp³-hybridized carbons (Fsp3) is 0.533. The van der Waals surface area contributed by atoms with Gasteiger partial charge < -0.3 is 19.5 Å². The highest BCUT2D eigenvalue weighted by molar-refractivity contribution is 6.32. The maximum absolute atomic E-state index is 13.1. The second kappa shape index (κ2) is 12.9. The summed E-state index contributed by atoms with van der Waals surface area (Å²) in [6.07, 6.45) is 4.54. The molecule has 0 amide bonds.